The molecule has 0 spiro atoms. The van der Waals surface area contributed by atoms with Gasteiger partial charge in [0.1, 0.15) is 17.1 Å². The fraction of sp³-hybridized carbons (Fsp3) is 0.0645. The fourth-order valence-electron chi connectivity index (χ4n) is 3.68. The standard InChI is InChI=1S/C31H23F4N3O4S/c1-42-21-9-5-6-18(14-21)15-25(37-30(40)19-7-3-2-4-8-19)31(41)36-20-10-12-22(13-11-20)43-17-26(39)38-29-27(34)23(32)16-24(33)28(29)35/h2-16H,17H2,1H3,(H,36,41)(H,37,40)(H,38,39)/b25-15-. The van der Waals surface area contributed by atoms with Crippen LogP contribution in [0.1, 0.15) is 15.9 Å². The van der Waals surface area contributed by atoms with Gasteiger partial charge in [0.25, 0.3) is 11.8 Å². The van der Waals surface area contributed by atoms with Crippen LogP contribution >= 0.6 is 11.8 Å². The predicted molar refractivity (Wildman–Crippen MR) is 156 cm³/mol. The molecule has 0 aliphatic heterocycles. The van der Waals surface area contributed by atoms with Crippen LogP contribution in [0.25, 0.3) is 6.08 Å². The van der Waals surface area contributed by atoms with Gasteiger partial charge in [0.15, 0.2) is 23.3 Å². The van der Waals surface area contributed by atoms with Gasteiger partial charge in [-0.2, -0.15) is 0 Å². The number of carbonyl (C=O) groups is 3. The number of amides is 3. The van der Waals surface area contributed by atoms with Crippen LogP contribution in [0.2, 0.25) is 0 Å². The maximum atomic E-state index is 13.8. The van der Waals surface area contributed by atoms with Crippen molar-refractivity contribution in [3.8, 4) is 5.75 Å². The minimum absolute atomic E-state index is 0.0366. The smallest absolute Gasteiger partial charge is 0.272 e. The normalized spacial score (nSPS) is 11.0. The number of anilines is 2. The summed E-state index contributed by atoms with van der Waals surface area (Å²) in [7, 11) is 1.51. The van der Waals surface area contributed by atoms with Crippen molar-refractivity contribution in [1.82, 2.24) is 5.32 Å². The van der Waals surface area contributed by atoms with Crippen LogP contribution in [-0.4, -0.2) is 30.6 Å². The van der Waals surface area contributed by atoms with Crippen LogP contribution in [0, 0.1) is 23.3 Å². The zero-order valence-corrected chi connectivity index (χ0v) is 23.2. The second-order valence-electron chi connectivity index (χ2n) is 8.81. The Balaban J connectivity index is 1.43. The Morgan fingerprint density at radius 1 is 0.814 bits per heavy atom. The van der Waals surface area contributed by atoms with E-state index in [0.717, 1.165) is 11.8 Å². The van der Waals surface area contributed by atoms with Crippen LogP contribution in [0.15, 0.2) is 95.5 Å². The number of hydrogen-bond donors (Lipinski definition) is 3. The molecular formula is C31H23F4N3O4S. The molecule has 0 unspecified atom stereocenters. The van der Waals surface area contributed by atoms with Crippen molar-refractivity contribution in [2.45, 2.75) is 4.90 Å². The van der Waals surface area contributed by atoms with E-state index in [9.17, 15) is 31.9 Å². The third-order valence-corrected chi connectivity index (χ3v) is 6.80. The predicted octanol–water partition coefficient (Wildman–Crippen LogP) is 6.39. The summed E-state index contributed by atoms with van der Waals surface area (Å²) in [5.74, 6) is -8.47. The molecule has 0 aliphatic carbocycles. The van der Waals surface area contributed by atoms with Crippen molar-refractivity contribution < 1.29 is 36.7 Å². The fourth-order valence-corrected chi connectivity index (χ4v) is 4.38. The summed E-state index contributed by atoms with van der Waals surface area (Å²) in [6.45, 7) is 0. The van der Waals surface area contributed by atoms with Gasteiger partial charge in [0.05, 0.1) is 12.9 Å². The molecule has 0 aromatic heterocycles. The van der Waals surface area contributed by atoms with E-state index in [4.69, 9.17) is 4.74 Å². The number of thioether (sulfide) groups is 1. The maximum absolute atomic E-state index is 13.8. The number of ether oxygens (including phenoxy) is 1. The highest BCUT2D eigenvalue weighted by Crippen LogP contribution is 2.26. The van der Waals surface area contributed by atoms with Crippen LogP contribution in [0.3, 0.4) is 0 Å². The minimum Gasteiger partial charge on any atom is -0.497 e. The molecule has 4 aromatic rings. The molecule has 0 fully saturated rings. The summed E-state index contributed by atoms with van der Waals surface area (Å²) in [6, 6.07) is 21.5. The molecule has 43 heavy (non-hydrogen) atoms. The molecule has 220 valence electrons. The molecular weight excluding hydrogens is 586 g/mol. The lowest BCUT2D eigenvalue weighted by atomic mass is 10.1. The molecule has 0 saturated heterocycles. The Labute approximate surface area is 248 Å². The lowest BCUT2D eigenvalue weighted by molar-refractivity contribution is -0.114. The summed E-state index contributed by atoms with van der Waals surface area (Å²) in [4.78, 5) is 38.7. The SMILES string of the molecule is COc1cccc(/C=C(\NC(=O)c2ccccc2)C(=O)Nc2ccc(SCC(=O)Nc3c(F)c(F)cc(F)c3F)cc2)c1. The van der Waals surface area contributed by atoms with E-state index in [0.29, 0.717) is 27.5 Å². The third kappa shape index (κ3) is 8.23. The molecule has 12 heteroatoms. The quantitative estimate of drug-likeness (QED) is 0.0838. The van der Waals surface area contributed by atoms with E-state index < -0.39 is 46.7 Å². The van der Waals surface area contributed by atoms with E-state index >= 15 is 0 Å². The van der Waals surface area contributed by atoms with Gasteiger partial charge in [0.2, 0.25) is 5.91 Å². The van der Waals surface area contributed by atoms with Gasteiger partial charge in [-0.05, 0) is 60.2 Å². The Kier molecular flexibility index (Phi) is 10.2. The molecule has 7 nitrogen and oxygen atoms in total. The van der Waals surface area contributed by atoms with E-state index in [1.807, 2.05) is 5.32 Å². The van der Waals surface area contributed by atoms with Gasteiger partial charge < -0.3 is 20.7 Å². The Morgan fingerprint density at radius 3 is 2.14 bits per heavy atom. The minimum atomic E-state index is -1.71. The molecule has 0 heterocycles. The Hall–Kier alpha value is -5.10. The molecule has 0 aliphatic rings. The van der Waals surface area contributed by atoms with Gasteiger partial charge in [-0.25, -0.2) is 17.6 Å². The van der Waals surface area contributed by atoms with Crippen molar-refractivity contribution in [2.75, 3.05) is 23.5 Å². The highest BCUT2D eigenvalue weighted by Gasteiger charge is 2.21. The number of carbonyl (C=O) groups excluding carboxylic acids is 3. The topological polar surface area (TPSA) is 96.5 Å². The van der Waals surface area contributed by atoms with Gasteiger partial charge >= 0.3 is 0 Å². The van der Waals surface area contributed by atoms with Gasteiger partial charge in [-0.15, -0.1) is 11.8 Å². The van der Waals surface area contributed by atoms with E-state index in [1.165, 1.54) is 13.2 Å². The number of methoxy groups -OCH3 is 1. The van der Waals surface area contributed by atoms with Gasteiger partial charge in [-0.1, -0.05) is 30.3 Å². The number of nitrogens with one attached hydrogen (secondary N) is 3. The highest BCUT2D eigenvalue weighted by atomic mass is 32.2. The van der Waals surface area contributed by atoms with Crippen molar-refractivity contribution in [3.05, 3.63) is 125 Å². The molecule has 0 radical (unpaired) electrons. The van der Waals surface area contributed by atoms with Crippen molar-refractivity contribution in [2.24, 2.45) is 0 Å². The van der Waals surface area contributed by atoms with Crippen molar-refractivity contribution >= 4 is 46.9 Å². The first-order valence-electron chi connectivity index (χ1n) is 12.5. The zero-order chi connectivity index (χ0) is 30.9. The first-order valence-corrected chi connectivity index (χ1v) is 13.5. The summed E-state index contributed by atoms with van der Waals surface area (Å²) in [5, 5.41) is 7.18. The van der Waals surface area contributed by atoms with Gasteiger partial charge in [0, 0.05) is 22.2 Å². The second kappa shape index (κ2) is 14.2. The van der Waals surface area contributed by atoms with Crippen LogP contribution in [-0.2, 0) is 9.59 Å². The Bertz CT molecular complexity index is 1660. The number of halogens is 4. The van der Waals surface area contributed by atoms with E-state index in [-0.39, 0.29) is 17.5 Å². The van der Waals surface area contributed by atoms with Crippen molar-refractivity contribution in [1.29, 1.82) is 0 Å². The van der Waals surface area contributed by atoms with Crippen LogP contribution in [0.4, 0.5) is 28.9 Å². The lowest BCUT2D eigenvalue weighted by Gasteiger charge is -2.12. The second-order valence-corrected chi connectivity index (χ2v) is 9.86. The average molecular weight is 610 g/mol. The lowest BCUT2D eigenvalue weighted by Crippen LogP contribution is -2.30. The largest absolute Gasteiger partial charge is 0.497 e. The first kappa shape index (κ1) is 30.8. The van der Waals surface area contributed by atoms with Gasteiger partial charge in [-0.3, -0.25) is 14.4 Å². The number of rotatable bonds is 10. The number of benzene rings is 4. The molecule has 0 atom stereocenters. The molecule has 3 amide bonds. The summed E-state index contributed by atoms with van der Waals surface area (Å²) in [6.07, 6.45) is 1.50. The monoisotopic (exact) mass is 609 g/mol. The first-order chi connectivity index (χ1) is 20.6. The summed E-state index contributed by atoms with van der Waals surface area (Å²) >= 11 is 0.976. The number of hydrogen-bond acceptors (Lipinski definition) is 5. The zero-order valence-electron chi connectivity index (χ0n) is 22.4. The molecule has 0 bridgehead atoms. The van der Waals surface area contributed by atoms with E-state index in [2.05, 4.69) is 10.6 Å². The molecule has 4 aromatic carbocycles. The molecule has 0 saturated carbocycles. The van der Waals surface area contributed by atoms with E-state index in [1.54, 1.807) is 78.9 Å². The third-order valence-electron chi connectivity index (χ3n) is 5.79. The van der Waals surface area contributed by atoms with Crippen molar-refractivity contribution in [3.63, 3.8) is 0 Å². The van der Waals surface area contributed by atoms with Crippen LogP contribution in [0.5, 0.6) is 5.75 Å². The summed E-state index contributed by atoms with van der Waals surface area (Å²) < 4.78 is 59.6. The maximum Gasteiger partial charge on any atom is 0.272 e. The van der Waals surface area contributed by atoms with Crippen LogP contribution < -0.4 is 20.7 Å². The Morgan fingerprint density at radius 2 is 1.49 bits per heavy atom. The molecule has 3 N–H and O–H groups in total. The summed E-state index contributed by atoms with van der Waals surface area (Å²) in [5.41, 5.74) is 0.0707. The average Bonchev–Trinajstić information content (AvgIpc) is 3.02. The molecule has 4 rings (SSSR count). The highest BCUT2D eigenvalue weighted by molar-refractivity contribution is 8.00.